The molecule has 0 saturated carbocycles. The van der Waals surface area contributed by atoms with Gasteiger partial charge in [-0.25, -0.2) is 13.1 Å². The van der Waals surface area contributed by atoms with Gasteiger partial charge < -0.3 is 35.6 Å². The molecule has 0 aliphatic carbocycles. The van der Waals surface area contributed by atoms with E-state index in [0.717, 1.165) is 0 Å². The van der Waals surface area contributed by atoms with E-state index in [-0.39, 0.29) is 46.8 Å². The summed E-state index contributed by atoms with van der Waals surface area (Å²) in [6.07, 6.45) is 0.398. The summed E-state index contributed by atoms with van der Waals surface area (Å²) in [7, 11) is 2.19. The van der Waals surface area contributed by atoms with Crippen LogP contribution >= 0.6 is 0 Å². The summed E-state index contributed by atoms with van der Waals surface area (Å²) in [5.41, 5.74) is 6.06. The molecule has 2 rings (SSSR count). The highest BCUT2D eigenvalue weighted by molar-refractivity contribution is 7.90. The van der Waals surface area contributed by atoms with E-state index in [1.54, 1.807) is 30.8 Å². The standard InChI is InChI=1S/C36H62N6O8S/c1-12-23(6)32(41(9)36(46)31(22(4)5)39-35(45)30(38-8)21(2)3)28(49-10)20-29(43)42-19-13-14-27(42)33(50-11)24(7)34(44)40-51(47,48)26-17-15-25(37)16-18-26/h15-18,21-24,27-28,30-33,38H,12-14,19-20,37H2,1-11H3,(H,39,45)(H,40,44)/t23-,24+,27-,28+,30?,31-,32-,33+/m0/s1. The molecule has 1 aromatic rings. The van der Waals surface area contributed by atoms with Gasteiger partial charge in [0.2, 0.25) is 23.6 Å². The number of likely N-dealkylation sites (N-methyl/N-ethyl adjacent to an activating group) is 2. The largest absolute Gasteiger partial charge is 0.399 e. The molecule has 0 bridgehead atoms. The molecule has 4 amide bonds. The molecule has 5 N–H and O–H groups in total. The minimum atomic E-state index is -4.17. The molecule has 1 saturated heterocycles. The number of anilines is 1. The zero-order valence-corrected chi connectivity index (χ0v) is 33.1. The summed E-state index contributed by atoms with van der Waals surface area (Å²) in [6.45, 7) is 13.6. The number of carbonyl (C=O) groups excluding carboxylic acids is 4. The highest BCUT2D eigenvalue weighted by atomic mass is 32.2. The van der Waals surface area contributed by atoms with Crippen LogP contribution in [0.15, 0.2) is 29.2 Å². The lowest BCUT2D eigenvalue weighted by Gasteiger charge is -2.41. The van der Waals surface area contributed by atoms with E-state index in [1.165, 1.54) is 38.5 Å². The minimum Gasteiger partial charge on any atom is -0.399 e. The zero-order chi connectivity index (χ0) is 38.8. The van der Waals surface area contributed by atoms with E-state index in [9.17, 15) is 27.6 Å². The number of hydrogen-bond donors (Lipinski definition) is 4. The van der Waals surface area contributed by atoms with E-state index in [1.807, 2.05) is 41.5 Å². The van der Waals surface area contributed by atoms with Crippen LogP contribution in [-0.4, -0.2) is 113 Å². The Bertz CT molecular complexity index is 1420. The smallest absolute Gasteiger partial charge is 0.264 e. The van der Waals surface area contributed by atoms with Crippen molar-refractivity contribution in [3.05, 3.63) is 24.3 Å². The monoisotopic (exact) mass is 738 g/mol. The molecule has 1 aliphatic rings. The predicted molar refractivity (Wildman–Crippen MR) is 197 cm³/mol. The van der Waals surface area contributed by atoms with Gasteiger partial charge in [0.25, 0.3) is 10.0 Å². The molecule has 1 heterocycles. The fourth-order valence-electron chi connectivity index (χ4n) is 6.98. The van der Waals surface area contributed by atoms with Gasteiger partial charge in [0.1, 0.15) is 6.04 Å². The molecule has 1 unspecified atom stereocenters. The van der Waals surface area contributed by atoms with Gasteiger partial charge in [-0.05, 0) is 61.9 Å². The number of hydrogen-bond acceptors (Lipinski definition) is 10. The first kappa shape index (κ1) is 43.9. The molecule has 1 fully saturated rings. The van der Waals surface area contributed by atoms with Crippen LogP contribution in [-0.2, 0) is 38.7 Å². The number of methoxy groups -OCH3 is 2. The van der Waals surface area contributed by atoms with Crippen LogP contribution in [0.3, 0.4) is 0 Å². The van der Waals surface area contributed by atoms with Gasteiger partial charge in [-0.2, -0.15) is 0 Å². The number of sulfonamides is 1. The normalized spacial score (nSPS) is 19.2. The van der Waals surface area contributed by atoms with Crippen LogP contribution in [0.5, 0.6) is 0 Å². The van der Waals surface area contributed by atoms with E-state index in [4.69, 9.17) is 15.2 Å². The van der Waals surface area contributed by atoms with E-state index in [2.05, 4.69) is 15.4 Å². The van der Waals surface area contributed by atoms with E-state index in [0.29, 0.717) is 31.5 Å². The molecular formula is C36H62N6O8S. The Morgan fingerprint density at radius 3 is 2.04 bits per heavy atom. The van der Waals surface area contributed by atoms with Crippen molar-refractivity contribution in [2.24, 2.45) is 23.7 Å². The third-order valence-corrected chi connectivity index (χ3v) is 11.5. The van der Waals surface area contributed by atoms with Gasteiger partial charge in [-0.3, -0.25) is 19.2 Å². The van der Waals surface area contributed by atoms with Crippen LogP contribution in [0.25, 0.3) is 0 Å². The van der Waals surface area contributed by atoms with Crippen LogP contribution in [0, 0.1) is 23.7 Å². The highest BCUT2D eigenvalue weighted by Gasteiger charge is 2.43. The Labute approximate surface area is 305 Å². The maximum absolute atomic E-state index is 14.1. The zero-order valence-electron chi connectivity index (χ0n) is 32.3. The highest BCUT2D eigenvalue weighted by Crippen LogP contribution is 2.30. The van der Waals surface area contributed by atoms with Crippen molar-refractivity contribution in [1.82, 2.24) is 25.2 Å². The Morgan fingerprint density at radius 2 is 1.55 bits per heavy atom. The summed E-state index contributed by atoms with van der Waals surface area (Å²) in [6, 6.07) is 3.24. The van der Waals surface area contributed by atoms with Gasteiger partial charge >= 0.3 is 0 Å². The van der Waals surface area contributed by atoms with Crippen molar-refractivity contribution < 1.29 is 37.1 Å². The molecule has 0 aromatic heterocycles. The van der Waals surface area contributed by atoms with Crippen molar-refractivity contribution in [2.45, 2.75) is 115 Å². The van der Waals surface area contributed by atoms with Crippen LogP contribution < -0.4 is 21.1 Å². The summed E-state index contributed by atoms with van der Waals surface area (Å²) < 4.78 is 39.7. The van der Waals surface area contributed by atoms with Crippen LogP contribution in [0.1, 0.15) is 74.1 Å². The predicted octanol–water partition coefficient (Wildman–Crippen LogP) is 2.38. The Morgan fingerprint density at radius 1 is 0.961 bits per heavy atom. The third-order valence-electron chi connectivity index (χ3n) is 10.2. The van der Waals surface area contributed by atoms with Crippen molar-refractivity contribution in [3.63, 3.8) is 0 Å². The van der Waals surface area contributed by atoms with E-state index < -0.39 is 58.2 Å². The average molecular weight is 739 g/mol. The summed E-state index contributed by atoms with van der Waals surface area (Å²) in [5, 5.41) is 5.98. The maximum Gasteiger partial charge on any atom is 0.264 e. The van der Waals surface area contributed by atoms with Gasteiger partial charge in [0, 0.05) is 33.5 Å². The fourth-order valence-corrected chi connectivity index (χ4v) is 8.04. The number of nitrogens with one attached hydrogen (secondary N) is 3. The van der Waals surface area contributed by atoms with Crippen LogP contribution in [0.2, 0.25) is 0 Å². The Balaban J connectivity index is 2.28. The fraction of sp³-hybridized carbons (Fsp3) is 0.722. The van der Waals surface area contributed by atoms with Crippen molar-refractivity contribution in [3.8, 4) is 0 Å². The van der Waals surface area contributed by atoms with Crippen LogP contribution in [0.4, 0.5) is 5.69 Å². The Kier molecular flexibility index (Phi) is 16.8. The summed E-state index contributed by atoms with van der Waals surface area (Å²) in [4.78, 5) is 57.8. The number of benzene rings is 1. The summed E-state index contributed by atoms with van der Waals surface area (Å²) in [5.74, 6) is -2.70. The number of rotatable bonds is 19. The van der Waals surface area contributed by atoms with E-state index >= 15 is 0 Å². The Hall–Kier alpha value is -3.27. The summed E-state index contributed by atoms with van der Waals surface area (Å²) >= 11 is 0. The quantitative estimate of drug-likeness (QED) is 0.154. The number of amides is 4. The molecule has 8 atom stereocenters. The van der Waals surface area contributed by atoms with Crippen molar-refractivity contribution in [2.75, 3.05) is 40.6 Å². The van der Waals surface area contributed by atoms with Crippen molar-refractivity contribution >= 4 is 39.3 Å². The number of carbonyl (C=O) groups is 4. The molecule has 1 aromatic carbocycles. The minimum absolute atomic E-state index is 0.0134. The van der Waals surface area contributed by atoms with Gasteiger partial charge in [-0.15, -0.1) is 0 Å². The number of likely N-dealkylation sites (tertiary alicyclic amines) is 1. The van der Waals surface area contributed by atoms with Crippen molar-refractivity contribution in [1.29, 1.82) is 0 Å². The first-order valence-electron chi connectivity index (χ1n) is 17.9. The number of nitrogens with two attached hydrogens (primary N) is 1. The first-order valence-corrected chi connectivity index (χ1v) is 19.4. The molecule has 290 valence electrons. The SMILES string of the molecule is CC[C@H](C)[C@@H]([C@@H](CC(=O)N1CCC[C@H]1[C@H](OC)[C@@H](C)C(=O)NS(=O)(=O)c1ccc(N)cc1)OC)N(C)C(=O)[C@@H](NC(=O)C(NC)C(C)C)C(C)C. The second-order valence-electron chi connectivity index (χ2n) is 14.4. The first-order chi connectivity index (χ1) is 23.9. The molecular weight excluding hydrogens is 676 g/mol. The van der Waals surface area contributed by atoms with Gasteiger partial charge in [0.05, 0.1) is 47.6 Å². The molecule has 0 spiro atoms. The molecule has 14 nitrogen and oxygen atoms in total. The topological polar surface area (TPSA) is 189 Å². The second-order valence-corrected chi connectivity index (χ2v) is 16.1. The maximum atomic E-state index is 14.1. The lowest BCUT2D eigenvalue weighted by molar-refractivity contribution is -0.147. The molecule has 1 aliphatic heterocycles. The average Bonchev–Trinajstić information content (AvgIpc) is 3.56. The number of nitrogens with zero attached hydrogens (tertiary/aromatic N) is 2. The lowest BCUT2D eigenvalue weighted by atomic mass is 9.89. The second kappa shape index (κ2) is 19.5. The molecule has 51 heavy (non-hydrogen) atoms. The third kappa shape index (κ3) is 11.1. The molecule has 0 radical (unpaired) electrons. The number of ether oxygens (including phenoxy) is 2. The van der Waals surface area contributed by atoms with Gasteiger partial charge in [-0.1, -0.05) is 54.9 Å². The lowest BCUT2D eigenvalue weighted by Crippen LogP contribution is -2.59. The van der Waals surface area contributed by atoms with Gasteiger partial charge in [0.15, 0.2) is 0 Å². The molecule has 15 heteroatoms. The number of nitrogen functional groups attached to an aromatic ring is 1.